The summed E-state index contributed by atoms with van der Waals surface area (Å²) >= 11 is 0. The summed E-state index contributed by atoms with van der Waals surface area (Å²) in [4.78, 5) is 25.5. The summed E-state index contributed by atoms with van der Waals surface area (Å²) in [5.41, 5.74) is 2.60. The molecular weight excluding hydrogens is 240 g/mol. The fourth-order valence-electron chi connectivity index (χ4n) is 2.89. The van der Waals surface area contributed by atoms with Gasteiger partial charge < -0.3 is 10.2 Å². The number of nitrogens with zero attached hydrogens (tertiary/aromatic N) is 1. The Morgan fingerprint density at radius 3 is 2.74 bits per heavy atom. The van der Waals surface area contributed by atoms with E-state index < -0.39 is 0 Å². The molecule has 1 saturated heterocycles. The molecule has 1 N–H and O–H groups in total. The van der Waals surface area contributed by atoms with Crippen molar-refractivity contribution in [1.29, 1.82) is 0 Å². The Labute approximate surface area is 112 Å². The maximum atomic E-state index is 12.4. The van der Waals surface area contributed by atoms with E-state index in [-0.39, 0.29) is 17.7 Å². The lowest BCUT2D eigenvalue weighted by Gasteiger charge is -2.33. The second kappa shape index (κ2) is 5.03. The molecule has 1 fully saturated rings. The number of rotatable bonds is 1. The van der Waals surface area contributed by atoms with Crippen molar-refractivity contribution >= 4 is 11.8 Å². The van der Waals surface area contributed by atoms with Crippen LogP contribution in [0.5, 0.6) is 0 Å². The van der Waals surface area contributed by atoms with Gasteiger partial charge in [-0.25, -0.2) is 0 Å². The summed E-state index contributed by atoms with van der Waals surface area (Å²) in [6.45, 7) is 2.00. The number of carbonyl (C=O) groups is 2. The van der Waals surface area contributed by atoms with Crippen LogP contribution in [0.4, 0.5) is 0 Å². The average Bonchev–Trinajstić information content (AvgIpc) is 2.47. The van der Waals surface area contributed by atoms with Crippen molar-refractivity contribution in [2.45, 2.75) is 25.8 Å². The molecular formula is C15H18N2O2. The van der Waals surface area contributed by atoms with Crippen LogP contribution in [0.2, 0.25) is 0 Å². The highest BCUT2D eigenvalue weighted by Gasteiger charge is 2.29. The van der Waals surface area contributed by atoms with E-state index in [9.17, 15) is 9.59 Å². The summed E-state index contributed by atoms with van der Waals surface area (Å²) in [5.74, 6) is 0.213. The Balaban J connectivity index is 1.67. The number of fused-ring (bicyclic) bond motifs is 1. The van der Waals surface area contributed by atoms with Crippen LogP contribution in [-0.4, -0.2) is 29.8 Å². The van der Waals surface area contributed by atoms with E-state index in [1.807, 2.05) is 17.0 Å². The Kier molecular flexibility index (Phi) is 3.23. The van der Waals surface area contributed by atoms with Crippen LogP contribution in [0.15, 0.2) is 24.3 Å². The molecule has 0 spiro atoms. The average molecular weight is 258 g/mol. The topological polar surface area (TPSA) is 49.4 Å². The molecule has 1 aromatic rings. The standard InChI is InChI=1S/C15H18N2O2/c18-14-6-5-12(9-16-14)15(19)17-8-7-11-3-1-2-4-13(11)10-17/h1-4,12H,5-10H2,(H,16,18). The van der Waals surface area contributed by atoms with Crippen molar-refractivity contribution in [3.05, 3.63) is 35.4 Å². The number of piperidine rings is 1. The molecule has 2 aliphatic rings. The molecule has 100 valence electrons. The van der Waals surface area contributed by atoms with Crippen LogP contribution >= 0.6 is 0 Å². The quantitative estimate of drug-likeness (QED) is 0.820. The molecule has 4 nitrogen and oxygen atoms in total. The van der Waals surface area contributed by atoms with Crippen LogP contribution in [0, 0.1) is 5.92 Å². The first kappa shape index (κ1) is 12.2. The highest BCUT2D eigenvalue weighted by atomic mass is 16.2. The molecule has 2 amide bonds. The van der Waals surface area contributed by atoms with Gasteiger partial charge in [0.15, 0.2) is 0 Å². The minimum absolute atomic E-state index is 0.0389. The summed E-state index contributed by atoms with van der Waals surface area (Å²) in [6, 6.07) is 8.30. The zero-order valence-electron chi connectivity index (χ0n) is 10.9. The maximum Gasteiger partial charge on any atom is 0.227 e. The number of nitrogens with one attached hydrogen (secondary N) is 1. The highest BCUT2D eigenvalue weighted by Crippen LogP contribution is 2.22. The fraction of sp³-hybridized carbons (Fsp3) is 0.467. The molecule has 3 rings (SSSR count). The zero-order valence-corrected chi connectivity index (χ0v) is 10.9. The summed E-state index contributed by atoms with van der Waals surface area (Å²) in [5, 5.41) is 2.78. The third-order valence-corrected chi connectivity index (χ3v) is 4.06. The van der Waals surface area contributed by atoms with Gasteiger partial charge in [0.1, 0.15) is 0 Å². The predicted octanol–water partition coefficient (Wildman–Crippen LogP) is 1.10. The van der Waals surface area contributed by atoms with Crippen molar-refractivity contribution in [1.82, 2.24) is 10.2 Å². The lowest BCUT2D eigenvalue weighted by molar-refractivity contribution is -0.138. The van der Waals surface area contributed by atoms with Crippen molar-refractivity contribution in [2.24, 2.45) is 5.92 Å². The Morgan fingerprint density at radius 1 is 1.21 bits per heavy atom. The number of hydrogen-bond donors (Lipinski definition) is 1. The van der Waals surface area contributed by atoms with E-state index in [0.29, 0.717) is 25.9 Å². The molecule has 2 aliphatic heterocycles. The third-order valence-electron chi connectivity index (χ3n) is 4.06. The molecule has 0 aromatic heterocycles. The zero-order chi connectivity index (χ0) is 13.2. The van der Waals surface area contributed by atoms with Crippen LogP contribution < -0.4 is 5.32 Å². The van der Waals surface area contributed by atoms with Crippen LogP contribution in [0.1, 0.15) is 24.0 Å². The summed E-state index contributed by atoms with van der Waals surface area (Å²) in [6.07, 6.45) is 2.09. The minimum atomic E-state index is -0.0389. The highest BCUT2D eigenvalue weighted by molar-refractivity contribution is 5.84. The van der Waals surface area contributed by atoms with Gasteiger partial charge >= 0.3 is 0 Å². The van der Waals surface area contributed by atoms with E-state index >= 15 is 0 Å². The molecule has 2 heterocycles. The SMILES string of the molecule is O=C1CCC(C(=O)N2CCc3ccccc3C2)CN1. The molecule has 1 unspecified atom stereocenters. The normalized spacial score (nSPS) is 22.6. The molecule has 0 bridgehead atoms. The van der Waals surface area contributed by atoms with Gasteiger partial charge in [-0.3, -0.25) is 9.59 Å². The fourth-order valence-corrected chi connectivity index (χ4v) is 2.89. The van der Waals surface area contributed by atoms with Gasteiger partial charge in [0, 0.05) is 26.1 Å². The first-order chi connectivity index (χ1) is 9.24. The van der Waals surface area contributed by atoms with E-state index in [1.54, 1.807) is 0 Å². The smallest absolute Gasteiger partial charge is 0.227 e. The number of amides is 2. The molecule has 19 heavy (non-hydrogen) atoms. The molecule has 0 aliphatic carbocycles. The molecule has 1 atom stereocenters. The lowest BCUT2D eigenvalue weighted by atomic mass is 9.94. The van der Waals surface area contributed by atoms with Crippen molar-refractivity contribution < 1.29 is 9.59 Å². The van der Waals surface area contributed by atoms with E-state index in [2.05, 4.69) is 17.4 Å². The lowest BCUT2D eigenvalue weighted by Crippen LogP contribution is -2.46. The van der Waals surface area contributed by atoms with Crippen molar-refractivity contribution in [2.75, 3.05) is 13.1 Å². The predicted molar refractivity (Wildman–Crippen MR) is 71.3 cm³/mol. The second-order valence-electron chi connectivity index (χ2n) is 5.32. The number of carbonyl (C=O) groups excluding carboxylic acids is 2. The molecule has 1 aromatic carbocycles. The van der Waals surface area contributed by atoms with E-state index in [4.69, 9.17) is 0 Å². The van der Waals surface area contributed by atoms with Crippen LogP contribution in [0.25, 0.3) is 0 Å². The van der Waals surface area contributed by atoms with Crippen LogP contribution in [0.3, 0.4) is 0 Å². The summed E-state index contributed by atoms with van der Waals surface area (Å²) in [7, 11) is 0. The maximum absolute atomic E-state index is 12.4. The van der Waals surface area contributed by atoms with Gasteiger partial charge in [0.2, 0.25) is 11.8 Å². The van der Waals surface area contributed by atoms with Gasteiger partial charge in [-0.15, -0.1) is 0 Å². The van der Waals surface area contributed by atoms with Gasteiger partial charge in [-0.05, 0) is 24.0 Å². The van der Waals surface area contributed by atoms with Gasteiger partial charge in [0.25, 0.3) is 0 Å². The Morgan fingerprint density at radius 2 is 2.00 bits per heavy atom. The number of hydrogen-bond acceptors (Lipinski definition) is 2. The van der Waals surface area contributed by atoms with Gasteiger partial charge in [0.05, 0.1) is 5.92 Å². The summed E-state index contributed by atoms with van der Waals surface area (Å²) < 4.78 is 0. The van der Waals surface area contributed by atoms with E-state index in [0.717, 1.165) is 13.0 Å². The number of benzene rings is 1. The minimum Gasteiger partial charge on any atom is -0.355 e. The monoisotopic (exact) mass is 258 g/mol. The van der Waals surface area contributed by atoms with Crippen molar-refractivity contribution in [3.63, 3.8) is 0 Å². The molecule has 0 radical (unpaired) electrons. The first-order valence-corrected chi connectivity index (χ1v) is 6.86. The van der Waals surface area contributed by atoms with Gasteiger partial charge in [-0.2, -0.15) is 0 Å². The molecule has 0 saturated carbocycles. The Bertz CT molecular complexity index is 503. The largest absolute Gasteiger partial charge is 0.355 e. The first-order valence-electron chi connectivity index (χ1n) is 6.86. The second-order valence-corrected chi connectivity index (χ2v) is 5.32. The van der Waals surface area contributed by atoms with Gasteiger partial charge in [-0.1, -0.05) is 24.3 Å². The van der Waals surface area contributed by atoms with E-state index in [1.165, 1.54) is 11.1 Å². The van der Waals surface area contributed by atoms with Crippen molar-refractivity contribution in [3.8, 4) is 0 Å². The third kappa shape index (κ3) is 2.48. The van der Waals surface area contributed by atoms with Crippen LogP contribution in [-0.2, 0) is 22.6 Å². The Hall–Kier alpha value is -1.84. The molecule has 4 heteroatoms.